The number of ether oxygens (including phenoxy) is 1. The van der Waals surface area contributed by atoms with Crippen molar-refractivity contribution < 1.29 is 29.8 Å². The highest BCUT2D eigenvalue weighted by Gasteiger charge is 2.31. The van der Waals surface area contributed by atoms with Gasteiger partial charge >= 0.3 is 13.1 Å². The van der Waals surface area contributed by atoms with Crippen molar-refractivity contribution in [3.05, 3.63) is 29.1 Å². The number of benzene rings is 1. The maximum atomic E-state index is 11.5. The molecule has 0 aliphatic carbocycles. The normalized spacial score (nSPS) is 14.7. The van der Waals surface area contributed by atoms with E-state index >= 15 is 0 Å². The van der Waals surface area contributed by atoms with Crippen LogP contribution in [0, 0.1) is 0 Å². The average Bonchev–Trinajstić information content (AvgIpc) is 2.96. The molecule has 27 heavy (non-hydrogen) atoms. The smallest absolute Gasteiger partial charge is 0.451 e. The number of nitrogen functional groups attached to an aromatic ring is 1. The van der Waals surface area contributed by atoms with Crippen LogP contribution in [0.4, 0.5) is 5.95 Å². The standard InChI is InChI=1S/C15H20BN5O6/c17-15-18-11(19-20-15)7-21-5-9(6-21)27-10-2-1-8(3-4-16(25)26)13(22)12(10)14(23)24/h1-2,9,22,25-26H,3-7H2,(H,23,24)(H3,17,18,19,20). The molecule has 3 rings (SSSR count). The summed E-state index contributed by atoms with van der Waals surface area (Å²) < 4.78 is 5.73. The van der Waals surface area contributed by atoms with Gasteiger partial charge in [-0.3, -0.25) is 10.00 Å². The number of aromatic hydroxyl groups is 1. The molecule has 1 aromatic carbocycles. The maximum absolute atomic E-state index is 11.5. The highest BCUT2D eigenvalue weighted by molar-refractivity contribution is 6.41. The number of aromatic nitrogens is 3. The van der Waals surface area contributed by atoms with Crippen molar-refractivity contribution >= 4 is 19.0 Å². The number of carboxylic acid groups (broad SMARTS) is 1. The summed E-state index contributed by atoms with van der Waals surface area (Å²) in [7, 11) is -1.53. The van der Waals surface area contributed by atoms with Crippen molar-refractivity contribution in [1.29, 1.82) is 0 Å². The lowest BCUT2D eigenvalue weighted by atomic mass is 9.82. The van der Waals surface area contributed by atoms with Crippen LogP contribution >= 0.6 is 0 Å². The number of rotatable bonds is 8. The third kappa shape index (κ3) is 4.48. The van der Waals surface area contributed by atoms with Crippen LogP contribution in [0.5, 0.6) is 11.5 Å². The highest BCUT2D eigenvalue weighted by atomic mass is 16.5. The van der Waals surface area contributed by atoms with E-state index < -0.39 is 18.8 Å². The monoisotopic (exact) mass is 377 g/mol. The van der Waals surface area contributed by atoms with Gasteiger partial charge in [0.25, 0.3) is 0 Å². The van der Waals surface area contributed by atoms with Crippen molar-refractivity contribution in [2.75, 3.05) is 18.8 Å². The Morgan fingerprint density at radius 1 is 1.41 bits per heavy atom. The third-order valence-corrected chi connectivity index (χ3v) is 4.25. The molecule has 0 bridgehead atoms. The molecule has 1 saturated heterocycles. The SMILES string of the molecule is Nc1n[nH]c(CN2CC(Oc3ccc(CCB(O)O)c(O)c3C(=O)O)C2)n1. The fourth-order valence-corrected chi connectivity index (χ4v) is 2.91. The molecule has 1 fully saturated rings. The molecule has 11 nitrogen and oxygen atoms in total. The fourth-order valence-electron chi connectivity index (χ4n) is 2.91. The summed E-state index contributed by atoms with van der Waals surface area (Å²) >= 11 is 0. The number of carboxylic acids is 1. The topological polar surface area (TPSA) is 178 Å². The molecule has 0 radical (unpaired) electrons. The molecule has 2 aromatic rings. The number of aryl methyl sites for hydroxylation is 1. The Morgan fingerprint density at radius 2 is 2.15 bits per heavy atom. The van der Waals surface area contributed by atoms with Gasteiger partial charge < -0.3 is 30.7 Å². The average molecular weight is 377 g/mol. The Kier molecular flexibility index (Phi) is 5.49. The molecule has 0 amide bonds. The number of anilines is 1. The number of nitrogens with zero attached hydrogens (tertiary/aromatic N) is 3. The zero-order chi connectivity index (χ0) is 19.6. The Hall–Kier alpha value is -2.83. The van der Waals surface area contributed by atoms with Gasteiger partial charge in [0, 0.05) is 13.1 Å². The van der Waals surface area contributed by atoms with Gasteiger partial charge in [0.05, 0.1) is 6.54 Å². The van der Waals surface area contributed by atoms with Crippen LogP contribution in [-0.4, -0.2) is 72.6 Å². The number of H-pyrrole nitrogens is 1. The first-order chi connectivity index (χ1) is 12.8. The van der Waals surface area contributed by atoms with Crippen LogP contribution < -0.4 is 10.5 Å². The third-order valence-electron chi connectivity index (χ3n) is 4.25. The number of phenols is 1. The minimum absolute atomic E-state index is 0.0173. The van der Waals surface area contributed by atoms with Crippen molar-refractivity contribution in [3.8, 4) is 11.5 Å². The van der Waals surface area contributed by atoms with E-state index in [0.29, 0.717) is 31.0 Å². The zero-order valence-electron chi connectivity index (χ0n) is 14.4. The molecule has 12 heteroatoms. The number of carbonyl (C=O) groups is 1. The van der Waals surface area contributed by atoms with Gasteiger partial charge in [-0.2, -0.15) is 4.98 Å². The molecular weight excluding hydrogens is 357 g/mol. The van der Waals surface area contributed by atoms with Gasteiger partial charge in [-0.1, -0.05) is 6.07 Å². The second-order valence-electron chi connectivity index (χ2n) is 6.35. The van der Waals surface area contributed by atoms with E-state index in [0.717, 1.165) is 0 Å². The molecule has 0 saturated carbocycles. The lowest BCUT2D eigenvalue weighted by Crippen LogP contribution is -2.53. The molecule has 7 N–H and O–H groups in total. The second-order valence-corrected chi connectivity index (χ2v) is 6.35. The summed E-state index contributed by atoms with van der Waals surface area (Å²) in [4.78, 5) is 17.6. The Balaban J connectivity index is 1.63. The lowest BCUT2D eigenvalue weighted by Gasteiger charge is -2.38. The van der Waals surface area contributed by atoms with Crippen LogP contribution in [0.15, 0.2) is 12.1 Å². The van der Waals surface area contributed by atoms with E-state index in [1.54, 1.807) is 0 Å². The first-order valence-electron chi connectivity index (χ1n) is 8.33. The van der Waals surface area contributed by atoms with E-state index in [-0.39, 0.29) is 36.1 Å². The van der Waals surface area contributed by atoms with E-state index in [9.17, 15) is 15.0 Å². The van der Waals surface area contributed by atoms with Gasteiger partial charge in [0.2, 0.25) is 5.95 Å². The molecule has 0 unspecified atom stereocenters. The summed E-state index contributed by atoms with van der Waals surface area (Å²) in [6.45, 7) is 1.63. The first kappa shape index (κ1) is 19.0. The number of nitrogens with one attached hydrogen (secondary N) is 1. The number of aromatic amines is 1. The van der Waals surface area contributed by atoms with Crippen molar-refractivity contribution in [3.63, 3.8) is 0 Å². The van der Waals surface area contributed by atoms with Gasteiger partial charge in [-0.05, 0) is 24.4 Å². The number of hydrogen-bond donors (Lipinski definition) is 6. The molecule has 1 aromatic heterocycles. The summed E-state index contributed by atoms with van der Waals surface area (Å²) in [5, 5.41) is 44.0. The molecule has 0 spiro atoms. The maximum Gasteiger partial charge on any atom is 0.451 e. The van der Waals surface area contributed by atoms with Crippen molar-refractivity contribution in [2.24, 2.45) is 0 Å². The summed E-state index contributed by atoms with van der Waals surface area (Å²) in [6, 6.07) is 3.00. The number of hydrogen-bond acceptors (Lipinski definition) is 9. The van der Waals surface area contributed by atoms with E-state index in [1.165, 1.54) is 12.1 Å². The number of aromatic carboxylic acids is 1. The molecule has 1 aliphatic heterocycles. The Bertz CT molecular complexity index is 823. The van der Waals surface area contributed by atoms with Crippen LogP contribution in [0.25, 0.3) is 0 Å². The van der Waals surface area contributed by atoms with E-state index in [4.69, 9.17) is 20.5 Å². The van der Waals surface area contributed by atoms with Gasteiger partial charge in [0.15, 0.2) is 0 Å². The van der Waals surface area contributed by atoms with Crippen LogP contribution in [0.1, 0.15) is 21.7 Å². The van der Waals surface area contributed by atoms with Crippen molar-refractivity contribution in [2.45, 2.75) is 25.4 Å². The van der Waals surface area contributed by atoms with Crippen LogP contribution in [0.2, 0.25) is 6.32 Å². The minimum atomic E-state index is -1.53. The summed E-state index contributed by atoms with van der Waals surface area (Å²) in [6.07, 6.45) is -0.120. The second kappa shape index (κ2) is 7.82. The molecule has 2 heterocycles. The summed E-state index contributed by atoms with van der Waals surface area (Å²) in [5.41, 5.74) is 5.43. The minimum Gasteiger partial charge on any atom is -0.507 e. The summed E-state index contributed by atoms with van der Waals surface area (Å²) in [5.74, 6) is -0.864. The quantitative estimate of drug-likeness (QED) is 0.315. The lowest BCUT2D eigenvalue weighted by molar-refractivity contribution is 0.0120. The predicted molar refractivity (Wildman–Crippen MR) is 94.3 cm³/mol. The molecular formula is C15H20BN5O6. The largest absolute Gasteiger partial charge is 0.507 e. The fraction of sp³-hybridized carbons (Fsp3) is 0.400. The molecule has 0 atom stereocenters. The zero-order valence-corrected chi connectivity index (χ0v) is 14.4. The number of likely N-dealkylation sites (tertiary alicyclic amines) is 1. The Labute approximate surface area is 154 Å². The van der Waals surface area contributed by atoms with Crippen LogP contribution in [0.3, 0.4) is 0 Å². The molecule has 144 valence electrons. The predicted octanol–water partition coefficient (Wildman–Crippen LogP) is -0.931. The van der Waals surface area contributed by atoms with Crippen molar-refractivity contribution in [1.82, 2.24) is 20.1 Å². The van der Waals surface area contributed by atoms with Gasteiger partial charge in [0.1, 0.15) is 29.0 Å². The first-order valence-corrected chi connectivity index (χ1v) is 8.33. The van der Waals surface area contributed by atoms with Crippen LogP contribution in [-0.2, 0) is 13.0 Å². The highest BCUT2D eigenvalue weighted by Crippen LogP contribution is 2.34. The van der Waals surface area contributed by atoms with Gasteiger partial charge in [-0.25, -0.2) is 4.79 Å². The molecule has 1 aliphatic rings. The number of nitrogens with two attached hydrogens (primary N) is 1. The Morgan fingerprint density at radius 3 is 2.74 bits per heavy atom. The van der Waals surface area contributed by atoms with E-state index in [2.05, 4.69) is 15.2 Å². The van der Waals surface area contributed by atoms with Gasteiger partial charge in [-0.15, -0.1) is 5.10 Å². The van der Waals surface area contributed by atoms with E-state index in [1.807, 2.05) is 4.90 Å².